The number of aromatic nitrogens is 2. The molecule has 130 valence electrons. The van der Waals surface area contributed by atoms with Crippen molar-refractivity contribution >= 4 is 16.8 Å². The number of hydrogen-bond acceptors (Lipinski definition) is 9. The van der Waals surface area contributed by atoms with Crippen molar-refractivity contribution in [1.29, 1.82) is 0 Å². The molecule has 0 amide bonds. The average Bonchev–Trinajstić information content (AvgIpc) is 2.97. The third-order valence-electron chi connectivity index (χ3n) is 3.60. The van der Waals surface area contributed by atoms with E-state index in [1.165, 1.54) is 6.20 Å². The first-order valence-corrected chi connectivity index (χ1v) is 8.38. The Labute approximate surface area is 135 Å². The molecule has 0 spiro atoms. The fraction of sp³-hybridized carbons (Fsp3) is 0.727. The van der Waals surface area contributed by atoms with Crippen LogP contribution in [0.25, 0.3) is 0 Å². The van der Waals surface area contributed by atoms with Crippen LogP contribution in [0.15, 0.2) is 10.6 Å². The minimum atomic E-state index is -2.23. The van der Waals surface area contributed by atoms with Crippen LogP contribution in [0, 0.1) is 10.1 Å². The molecular formula is C11H21N7O4S. The fourth-order valence-corrected chi connectivity index (χ4v) is 2.77. The SMILES string of the molecule is NO[SH](=O)=NCCc1cnc([N+](=O)[O-])n1CCN1CCNCC1. The van der Waals surface area contributed by atoms with Crippen LogP contribution in [0.4, 0.5) is 5.95 Å². The van der Waals surface area contributed by atoms with E-state index in [0.717, 1.165) is 26.2 Å². The molecule has 1 saturated heterocycles. The Balaban J connectivity index is 2.03. The van der Waals surface area contributed by atoms with Crippen LogP contribution in [0.5, 0.6) is 0 Å². The summed E-state index contributed by atoms with van der Waals surface area (Å²) >= 11 is 0. The molecule has 1 fully saturated rings. The molecule has 2 rings (SSSR count). The zero-order chi connectivity index (χ0) is 16.7. The highest BCUT2D eigenvalue weighted by atomic mass is 32.2. The van der Waals surface area contributed by atoms with E-state index in [-0.39, 0.29) is 12.5 Å². The van der Waals surface area contributed by atoms with Crippen LogP contribution in [0.3, 0.4) is 0 Å². The van der Waals surface area contributed by atoms with Crippen LogP contribution < -0.4 is 11.2 Å². The van der Waals surface area contributed by atoms with Crippen molar-refractivity contribution < 1.29 is 13.4 Å². The van der Waals surface area contributed by atoms with Gasteiger partial charge in [0.15, 0.2) is 10.9 Å². The van der Waals surface area contributed by atoms with Crippen LogP contribution in [-0.2, 0) is 28.1 Å². The van der Waals surface area contributed by atoms with E-state index in [4.69, 9.17) is 5.90 Å². The first kappa shape index (κ1) is 17.7. The predicted molar refractivity (Wildman–Crippen MR) is 84.0 cm³/mol. The molecule has 23 heavy (non-hydrogen) atoms. The van der Waals surface area contributed by atoms with Gasteiger partial charge in [-0.1, -0.05) is 4.98 Å². The molecular weight excluding hydrogens is 326 g/mol. The predicted octanol–water partition coefficient (Wildman–Crippen LogP) is -1.29. The van der Waals surface area contributed by atoms with Gasteiger partial charge in [0.05, 0.1) is 13.1 Å². The van der Waals surface area contributed by atoms with Gasteiger partial charge in [0, 0.05) is 39.1 Å². The first-order chi connectivity index (χ1) is 11.1. The second-order valence-corrected chi connectivity index (χ2v) is 5.98. The van der Waals surface area contributed by atoms with Crippen molar-refractivity contribution in [1.82, 2.24) is 19.8 Å². The molecule has 1 unspecified atom stereocenters. The lowest BCUT2D eigenvalue weighted by Crippen LogP contribution is -2.44. The Hall–Kier alpha value is -1.60. The van der Waals surface area contributed by atoms with Crippen molar-refractivity contribution in [3.63, 3.8) is 0 Å². The van der Waals surface area contributed by atoms with E-state index in [9.17, 15) is 14.3 Å². The van der Waals surface area contributed by atoms with E-state index in [2.05, 4.69) is 23.8 Å². The Kier molecular flexibility index (Phi) is 6.85. The number of nitrogens with two attached hydrogens (primary N) is 1. The molecule has 0 saturated carbocycles. The molecule has 12 heteroatoms. The third kappa shape index (κ3) is 5.21. The molecule has 1 atom stereocenters. The molecule has 11 nitrogen and oxygen atoms in total. The molecule has 0 aliphatic carbocycles. The lowest BCUT2D eigenvalue weighted by Gasteiger charge is -2.26. The first-order valence-electron chi connectivity index (χ1n) is 7.25. The molecule has 0 aromatic carbocycles. The zero-order valence-electron chi connectivity index (χ0n) is 12.6. The second-order valence-electron chi connectivity index (χ2n) is 5.01. The van der Waals surface area contributed by atoms with Gasteiger partial charge in [-0.3, -0.25) is 4.90 Å². The Morgan fingerprint density at radius 1 is 1.48 bits per heavy atom. The number of imidazole rings is 1. The summed E-state index contributed by atoms with van der Waals surface area (Å²) in [6, 6.07) is 0. The minimum Gasteiger partial charge on any atom is -0.390 e. The van der Waals surface area contributed by atoms with Crippen LogP contribution in [0.1, 0.15) is 5.69 Å². The van der Waals surface area contributed by atoms with Gasteiger partial charge in [-0.15, -0.1) is 0 Å². The Bertz CT molecular complexity index is 608. The molecule has 0 radical (unpaired) electrons. The highest BCUT2D eigenvalue weighted by Crippen LogP contribution is 2.14. The summed E-state index contributed by atoms with van der Waals surface area (Å²) in [6.07, 6.45) is 1.84. The molecule has 1 aromatic heterocycles. The summed E-state index contributed by atoms with van der Waals surface area (Å²) in [5.41, 5.74) is 0.677. The highest BCUT2D eigenvalue weighted by Gasteiger charge is 2.21. The van der Waals surface area contributed by atoms with Gasteiger partial charge >= 0.3 is 5.95 Å². The van der Waals surface area contributed by atoms with E-state index in [0.29, 0.717) is 25.2 Å². The lowest BCUT2D eigenvalue weighted by atomic mass is 10.3. The van der Waals surface area contributed by atoms with Gasteiger partial charge in [-0.2, -0.15) is 10.2 Å². The maximum Gasteiger partial charge on any atom is 0.434 e. The van der Waals surface area contributed by atoms with Gasteiger partial charge in [0.2, 0.25) is 0 Å². The smallest absolute Gasteiger partial charge is 0.390 e. The quantitative estimate of drug-likeness (QED) is 0.300. The number of nitrogens with zero attached hydrogens (tertiary/aromatic N) is 5. The van der Waals surface area contributed by atoms with Gasteiger partial charge in [-0.25, -0.2) is 13.1 Å². The highest BCUT2D eigenvalue weighted by molar-refractivity contribution is 7.69. The average molecular weight is 347 g/mol. The topological polar surface area (TPSA) is 141 Å². The number of rotatable bonds is 8. The molecule has 0 bridgehead atoms. The van der Waals surface area contributed by atoms with Crippen LogP contribution in [0.2, 0.25) is 0 Å². The van der Waals surface area contributed by atoms with E-state index < -0.39 is 15.8 Å². The summed E-state index contributed by atoms with van der Waals surface area (Å²) in [4.78, 5) is 16.7. The van der Waals surface area contributed by atoms with Crippen molar-refractivity contribution in [2.24, 2.45) is 10.3 Å². The number of nitro groups is 1. The number of piperazine rings is 1. The van der Waals surface area contributed by atoms with E-state index >= 15 is 0 Å². The lowest BCUT2D eigenvalue weighted by molar-refractivity contribution is -0.396. The molecule has 1 aliphatic rings. The van der Waals surface area contributed by atoms with Crippen molar-refractivity contribution in [3.8, 4) is 0 Å². The van der Waals surface area contributed by atoms with Crippen LogP contribution in [-0.4, -0.2) is 62.9 Å². The standard InChI is InChI=1S/C11H21N7O4S/c12-22-23(21)15-2-1-10-9-14-11(18(19)20)17(10)8-7-16-5-3-13-4-6-16/h9,13,23H,1-8,12H2. The van der Waals surface area contributed by atoms with E-state index in [1.807, 2.05) is 0 Å². The van der Waals surface area contributed by atoms with Crippen molar-refractivity contribution in [2.75, 3.05) is 39.3 Å². The largest absolute Gasteiger partial charge is 0.434 e. The molecule has 3 N–H and O–H groups in total. The van der Waals surface area contributed by atoms with Gasteiger partial charge in [0.1, 0.15) is 11.9 Å². The molecule has 1 aliphatic heterocycles. The normalized spacial score (nSPS) is 17.4. The summed E-state index contributed by atoms with van der Waals surface area (Å²) < 4.78 is 20.4. The Morgan fingerprint density at radius 2 is 2.22 bits per heavy atom. The number of nitrogens with one attached hydrogen (secondary N) is 1. The van der Waals surface area contributed by atoms with Crippen molar-refractivity contribution in [2.45, 2.75) is 13.0 Å². The minimum absolute atomic E-state index is 0.186. The second kappa shape index (κ2) is 8.88. The van der Waals surface area contributed by atoms with Gasteiger partial charge in [-0.05, 0) is 4.92 Å². The maximum atomic E-state index is 11.1. The Morgan fingerprint density at radius 3 is 2.87 bits per heavy atom. The number of hydrogen-bond donors (Lipinski definition) is 3. The van der Waals surface area contributed by atoms with E-state index in [1.54, 1.807) is 4.57 Å². The summed E-state index contributed by atoms with van der Waals surface area (Å²) in [5, 5.41) is 14.4. The fourth-order valence-electron chi connectivity index (χ4n) is 2.44. The maximum absolute atomic E-state index is 11.1. The summed E-state index contributed by atoms with van der Waals surface area (Å²) in [7, 11) is -2.23. The van der Waals surface area contributed by atoms with Gasteiger partial charge in [0.25, 0.3) is 0 Å². The molecule has 1 aromatic rings. The summed E-state index contributed by atoms with van der Waals surface area (Å²) in [6.45, 7) is 5.06. The monoisotopic (exact) mass is 347 g/mol. The number of thiol groups is 1. The molecule has 2 heterocycles. The van der Waals surface area contributed by atoms with Crippen LogP contribution >= 0.6 is 0 Å². The summed E-state index contributed by atoms with van der Waals surface area (Å²) in [5.74, 6) is 4.58. The van der Waals surface area contributed by atoms with Gasteiger partial charge < -0.3 is 15.4 Å². The zero-order valence-corrected chi connectivity index (χ0v) is 13.5. The third-order valence-corrected chi connectivity index (χ3v) is 4.21. The van der Waals surface area contributed by atoms with Crippen molar-refractivity contribution in [3.05, 3.63) is 22.0 Å².